The van der Waals surface area contributed by atoms with Crippen LogP contribution in [0.15, 0.2) is 0 Å². The van der Waals surface area contributed by atoms with Crippen LogP contribution in [0.4, 0.5) is 13.2 Å². The van der Waals surface area contributed by atoms with Gasteiger partial charge in [0.25, 0.3) is 0 Å². The minimum absolute atomic E-state index is 0.377. The standard InChI is InChI=1S/C14H27F3N4/c1-19-8-10-20(11-9-19)7-4-18-13-2-5-21(6-3-13)12-14(15,16)17/h13,18H,2-12H2,1H3. The third kappa shape index (κ3) is 6.50. The molecular formula is C14H27F3N4. The van der Waals surface area contributed by atoms with Gasteiger partial charge in [0.15, 0.2) is 0 Å². The number of piperidine rings is 1. The molecule has 0 aromatic carbocycles. The maximum absolute atomic E-state index is 12.3. The first kappa shape index (κ1) is 17.0. The van der Waals surface area contributed by atoms with E-state index in [-0.39, 0.29) is 0 Å². The van der Waals surface area contributed by atoms with Crippen molar-refractivity contribution >= 4 is 0 Å². The summed E-state index contributed by atoms with van der Waals surface area (Å²) in [6, 6.07) is 0.377. The normalized spacial score (nSPS) is 24.6. The first-order valence-electron chi connectivity index (χ1n) is 7.86. The number of nitrogens with zero attached hydrogens (tertiary/aromatic N) is 3. The lowest BCUT2D eigenvalue weighted by Gasteiger charge is -2.35. The van der Waals surface area contributed by atoms with Crippen LogP contribution in [0, 0.1) is 0 Å². The van der Waals surface area contributed by atoms with E-state index >= 15 is 0 Å². The van der Waals surface area contributed by atoms with Gasteiger partial charge in [-0.15, -0.1) is 0 Å². The molecule has 0 atom stereocenters. The van der Waals surface area contributed by atoms with Gasteiger partial charge >= 0.3 is 6.18 Å². The highest BCUT2D eigenvalue weighted by Crippen LogP contribution is 2.19. The molecule has 0 bridgehead atoms. The Morgan fingerprint density at radius 2 is 1.57 bits per heavy atom. The number of rotatable bonds is 5. The maximum Gasteiger partial charge on any atom is 0.401 e. The van der Waals surface area contributed by atoms with E-state index in [1.54, 1.807) is 0 Å². The van der Waals surface area contributed by atoms with Crippen LogP contribution < -0.4 is 5.32 Å². The molecule has 0 unspecified atom stereocenters. The first-order valence-corrected chi connectivity index (χ1v) is 7.86. The lowest BCUT2D eigenvalue weighted by atomic mass is 10.1. The van der Waals surface area contributed by atoms with Gasteiger partial charge in [-0.2, -0.15) is 13.2 Å². The molecule has 2 aliphatic heterocycles. The van der Waals surface area contributed by atoms with Crippen LogP contribution in [-0.2, 0) is 0 Å². The van der Waals surface area contributed by atoms with E-state index in [1.165, 1.54) is 4.90 Å². The van der Waals surface area contributed by atoms with Gasteiger partial charge < -0.3 is 10.2 Å². The number of likely N-dealkylation sites (N-methyl/N-ethyl adjacent to an activating group) is 1. The first-order chi connectivity index (χ1) is 9.92. The lowest BCUT2D eigenvalue weighted by molar-refractivity contribution is -0.148. The fourth-order valence-corrected chi connectivity index (χ4v) is 3.05. The summed E-state index contributed by atoms with van der Waals surface area (Å²) in [5.74, 6) is 0. The van der Waals surface area contributed by atoms with Crippen LogP contribution in [0.25, 0.3) is 0 Å². The molecular weight excluding hydrogens is 281 g/mol. The molecule has 124 valence electrons. The zero-order chi connectivity index (χ0) is 15.3. The van der Waals surface area contributed by atoms with Crippen molar-refractivity contribution in [3.05, 3.63) is 0 Å². The number of hydrogen-bond acceptors (Lipinski definition) is 4. The molecule has 21 heavy (non-hydrogen) atoms. The second-order valence-corrected chi connectivity index (χ2v) is 6.26. The molecule has 1 N–H and O–H groups in total. The number of piperazine rings is 1. The summed E-state index contributed by atoms with van der Waals surface area (Å²) in [6.07, 6.45) is -2.43. The van der Waals surface area contributed by atoms with E-state index in [0.29, 0.717) is 19.1 Å². The Morgan fingerprint density at radius 3 is 2.14 bits per heavy atom. The fourth-order valence-electron chi connectivity index (χ4n) is 3.05. The third-order valence-corrected chi connectivity index (χ3v) is 4.45. The van der Waals surface area contributed by atoms with Crippen LogP contribution in [0.1, 0.15) is 12.8 Å². The molecule has 0 aliphatic carbocycles. The average molecular weight is 308 g/mol. The molecule has 4 nitrogen and oxygen atoms in total. The van der Waals surface area contributed by atoms with Crippen molar-refractivity contribution in [2.75, 3.05) is 66.0 Å². The van der Waals surface area contributed by atoms with Gasteiger partial charge in [-0.25, -0.2) is 0 Å². The molecule has 0 aromatic heterocycles. The third-order valence-electron chi connectivity index (χ3n) is 4.45. The highest BCUT2D eigenvalue weighted by molar-refractivity contribution is 4.79. The van der Waals surface area contributed by atoms with Crippen LogP contribution in [-0.4, -0.2) is 92.9 Å². The Kier molecular flexibility index (Phi) is 6.28. The van der Waals surface area contributed by atoms with Crippen LogP contribution >= 0.6 is 0 Å². The monoisotopic (exact) mass is 308 g/mol. The molecule has 7 heteroatoms. The van der Waals surface area contributed by atoms with Crippen molar-refractivity contribution in [1.82, 2.24) is 20.0 Å². The summed E-state index contributed by atoms with van der Waals surface area (Å²) in [5.41, 5.74) is 0. The van der Waals surface area contributed by atoms with Gasteiger partial charge in [0, 0.05) is 45.3 Å². The Bertz CT molecular complexity index is 295. The smallest absolute Gasteiger partial charge is 0.313 e. The Labute approximate surface area is 125 Å². The molecule has 0 spiro atoms. The van der Waals surface area contributed by atoms with Crippen molar-refractivity contribution in [1.29, 1.82) is 0 Å². The van der Waals surface area contributed by atoms with Crippen LogP contribution in [0.5, 0.6) is 0 Å². The van der Waals surface area contributed by atoms with Crippen molar-refractivity contribution in [3.8, 4) is 0 Å². The highest BCUT2D eigenvalue weighted by Gasteiger charge is 2.32. The Morgan fingerprint density at radius 1 is 0.952 bits per heavy atom. The van der Waals surface area contributed by atoms with Gasteiger partial charge in [-0.05, 0) is 33.0 Å². The zero-order valence-corrected chi connectivity index (χ0v) is 12.8. The fraction of sp³-hybridized carbons (Fsp3) is 1.00. The van der Waals surface area contributed by atoms with Gasteiger partial charge in [-0.3, -0.25) is 9.80 Å². The van der Waals surface area contributed by atoms with E-state index in [9.17, 15) is 13.2 Å². The average Bonchev–Trinajstić information content (AvgIpc) is 2.41. The van der Waals surface area contributed by atoms with E-state index < -0.39 is 12.7 Å². The summed E-state index contributed by atoms with van der Waals surface area (Å²) >= 11 is 0. The van der Waals surface area contributed by atoms with E-state index in [1.807, 2.05) is 0 Å². The maximum atomic E-state index is 12.3. The van der Waals surface area contributed by atoms with E-state index in [4.69, 9.17) is 0 Å². The summed E-state index contributed by atoms with van der Waals surface area (Å²) in [6.45, 7) is 6.78. The molecule has 2 aliphatic rings. The lowest BCUT2D eigenvalue weighted by Crippen LogP contribution is -2.49. The van der Waals surface area contributed by atoms with Crippen molar-refractivity contribution in [2.45, 2.75) is 25.1 Å². The second-order valence-electron chi connectivity index (χ2n) is 6.26. The minimum atomic E-state index is -4.07. The van der Waals surface area contributed by atoms with Gasteiger partial charge in [-0.1, -0.05) is 0 Å². The molecule has 0 saturated carbocycles. The van der Waals surface area contributed by atoms with E-state index in [0.717, 1.165) is 52.1 Å². The van der Waals surface area contributed by atoms with Gasteiger partial charge in [0.2, 0.25) is 0 Å². The topological polar surface area (TPSA) is 21.8 Å². The molecule has 2 heterocycles. The summed E-state index contributed by atoms with van der Waals surface area (Å²) < 4.78 is 36.9. The molecule has 2 rings (SSSR count). The number of nitrogens with one attached hydrogen (secondary N) is 1. The second kappa shape index (κ2) is 7.76. The van der Waals surface area contributed by atoms with Crippen molar-refractivity contribution in [2.24, 2.45) is 0 Å². The predicted molar refractivity (Wildman–Crippen MR) is 77.5 cm³/mol. The van der Waals surface area contributed by atoms with Crippen molar-refractivity contribution in [3.63, 3.8) is 0 Å². The molecule has 2 saturated heterocycles. The largest absolute Gasteiger partial charge is 0.401 e. The number of hydrogen-bond donors (Lipinski definition) is 1. The Balaban J connectivity index is 1.55. The molecule has 0 amide bonds. The molecule has 2 fully saturated rings. The van der Waals surface area contributed by atoms with Gasteiger partial charge in [0.1, 0.15) is 0 Å². The van der Waals surface area contributed by atoms with Gasteiger partial charge in [0.05, 0.1) is 6.54 Å². The number of halogens is 3. The quantitative estimate of drug-likeness (QED) is 0.813. The summed E-state index contributed by atoms with van der Waals surface area (Å²) in [5, 5.41) is 3.50. The summed E-state index contributed by atoms with van der Waals surface area (Å²) in [7, 11) is 2.14. The van der Waals surface area contributed by atoms with Crippen LogP contribution in [0.2, 0.25) is 0 Å². The summed E-state index contributed by atoms with van der Waals surface area (Å²) in [4.78, 5) is 6.30. The number of likely N-dealkylation sites (tertiary alicyclic amines) is 1. The van der Waals surface area contributed by atoms with Crippen LogP contribution in [0.3, 0.4) is 0 Å². The molecule has 0 radical (unpaired) electrons. The highest BCUT2D eigenvalue weighted by atomic mass is 19.4. The Hall–Kier alpha value is -0.370. The SMILES string of the molecule is CN1CCN(CCNC2CCN(CC(F)(F)F)CC2)CC1. The minimum Gasteiger partial charge on any atom is -0.313 e. The number of alkyl halides is 3. The van der Waals surface area contributed by atoms with Crippen molar-refractivity contribution < 1.29 is 13.2 Å². The molecule has 0 aromatic rings. The van der Waals surface area contributed by atoms with E-state index in [2.05, 4.69) is 22.2 Å². The zero-order valence-electron chi connectivity index (χ0n) is 12.8. The predicted octanol–water partition coefficient (Wildman–Crippen LogP) is 0.850.